The number of benzene rings is 1. The Balaban J connectivity index is 1.67. The van der Waals surface area contributed by atoms with Crippen molar-refractivity contribution < 1.29 is 14.4 Å². The van der Waals surface area contributed by atoms with Gasteiger partial charge in [-0.2, -0.15) is 0 Å². The largest absolute Gasteiger partial charge is 0.293 e. The molecule has 1 amide bonds. The van der Waals surface area contributed by atoms with E-state index in [1.54, 1.807) is 6.07 Å². The van der Waals surface area contributed by atoms with Crippen molar-refractivity contribution in [1.29, 1.82) is 0 Å². The van der Waals surface area contributed by atoms with Crippen LogP contribution in [0.5, 0.6) is 0 Å². The van der Waals surface area contributed by atoms with Gasteiger partial charge in [0.2, 0.25) is 5.91 Å². The highest BCUT2D eigenvalue weighted by atomic mass is 32.1. The van der Waals surface area contributed by atoms with E-state index in [4.69, 9.17) is 4.84 Å². The van der Waals surface area contributed by atoms with Crippen LogP contribution >= 0.6 is 11.3 Å². The molecule has 21 heavy (non-hydrogen) atoms. The normalized spacial score (nSPS) is 10.3. The second-order valence-corrected chi connectivity index (χ2v) is 5.92. The number of carbonyl (C=O) groups is 2. The number of hydroxylamine groups is 1. The van der Waals surface area contributed by atoms with Crippen LogP contribution in [0.25, 0.3) is 0 Å². The highest BCUT2D eigenvalue weighted by molar-refractivity contribution is 7.14. The Morgan fingerprint density at radius 3 is 2.52 bits per heavy atom. The molecular weight excluding hydrogens is 286 g/mol. The molecule has 0 atom stereocenters. The quantitative estimate of drug-likeness (QED) is 0.631. The van der Waals surface area contributed by atoms with Crippen LogP contribution in [0.4, 0.5) is 0 Å². The van der Waals surface area contributed by atoms with Crippen LogP contribution in [0.15, 0.2) is 42.5 Å². The Kier molecular flexibility index (Phi) is 5.66. The number of amides is 1. The van der Waals surface area contributed by atoms with Crippen LogP contribution in [0.3, 0.4) is 0 Å². The molecule has 2 rings (SSSR count). The first kappa shape index (κ1) is 15.4. The lowest BCUT2D eigenvalue weighted by Crippen LogP contribution is -2.23. The van der Waals surface area contributed by atoms with Gasteiger partial charge < -0.3 is 0 Å². The van der Waals surface area contributed by atoms with Gasteiger partial charge >= 0.3 is 0 Å². The molecule has 0 radical (unpaired) electrons. The number of rotatable bonds is 7. The number of hydrogen-bond acceptors (Lipinski definition) is 4. The predicted molar refractivity (Wildman–Crippen MR) is 82.0 cm³/mol. The number of carbonyl (C=O) groups excluding carboxylic acids is 2. The van der Waals surface area contributed by atoms with Gasteiger partial charge in [0.25, 0.3) is 0 Å². The lowest BCUT2D eigenvalue weighted by Gasteiger charge is -2.05. The predicted octanol–water partition coefficient (Wildman–Crippen LogP) is 3.27. The Morgan fingerprint density at radius 2 is 1.86 bits per heavy atom. The van der Waals surface area contributed by atoms with Crippen LogP contribution < -0.4 is 5.48 Å². The number of Topliss-reactive ketones (excluding diaryl/α,β-unsaturated/α-hetero) is 1. The van der Waals surface area contributed by atoms with E-state index in [1.165, 1.54) is 11.3 Å². The zero-order chi connectivity index (χ0) is 15.1. The monoisotopic (exact) mass is 303 g/mol. The minimum Gasteiger partial charge on any atom is -0.293 e. The Labute approximate surface area is 127 Å². The van der Waals surface area contributed by atoms with E-state index in [2.05, 4.69) is 5.48 Å². The molecule has 0 unspecified atom stereocenters. The molecule has 5 heteroatoms. The van der Waals surface area contributed by atoms with Crippen molar-refractivity contribution in [3.63, 3.8) is 0 Å². The summed E-state index contributed by atoms with van der Waals surface area (Å²) in [4.78, 5) is 30.3. The molecule has 110 valence electrons. The second-order valence-electron chi connectivity index (χ2n) is 4.63. The summed E-state index contributed by atoms with van der Waals surface area (Å²) in [6, 6.07) is 13.3. The highest BCUT2D eigenvalue weighted by Crippen LogP contribution is 2.17. The molecule has 4 nitrogen and oxygen atoms in total. The molecule has 0 aliphatic carbocycles. The summed E-state index contributed by atoms with van der Waals surface area (Å²) in [5.74, 6) is -0.293. The molecule has 0 fully saturated rings. The Hall–Kier alpha value is -1.98. The van der Waals surface area contributed by atoms with Crippen LogP contribution in [-0.2, 0) is 16.2 Å². The second kappa shape index (κ2) is 7.71. The average molecular weight is 303 g/mol. The Bertz CT molecular complexity index is 607. The van der Waals surface area contributed by atoms with Crippen LogP contribution in [0.2, 0.25) is 0 Å². The summed E-state index contributed by atoms with van der Waals surface area (Å²) in [5.41, 5.74) is 3.33. The molecule has 2 aromatic rings. The van der Waals surface area contributed by atoms with E-state index in [0.717, 1.165) is 10.4 Å². The molecule has 0 spiro atoms. The van der Waals surface area contributed by atoms with Crippen molar-refractivity contribution in [2.24, 2.45) is 0 Å². The first-order valence-electron chi connectivity index (χ1n) is 6.69. The third-order valence-electron chi connectivity index (χ3n) is 2.86. The molecular formula is C16H17NO3S. The first-order valence-corrected chi connectivity index (χ1v) is 7.51. The van der Waals surface area contributed by atoms with Crippen molar-refractivity contribution in [3.8, 4) is 0 Å². The van der Waals surface area contributed by atoms with Crippen molar-refractivity contribution in [3.05, 3.63) is 57.8 Å². The van der Waals surface area contributed by atoms with E-state index in [9.17, 15) is 9.59 Å². The third-order valence-corrected chi connectivity index (χ3v) is 3.90. The summed E-state index contributed by atoms with van der Waals surface area (Å²) in [5, 5.41) is 0. The van der Waals surface area contributed by atoms with Crippen molar-refractivity contribution in [2.45, 2.75) is 26.4 Å². The number of nitrogens with one attached hydrogen (secondary N) is 1. The third kappa shape index (κ3) is 5.13. The van der Waals surface area contributed by atoms with Gasteiger partial charge in [0.05, 0.1) is 11.5 Å². The zero-order valence-corrected chi connectivity index (χ0v) is 12.6. The highest BCUT2D eigenvalue weighted by Gasteiger charge is 2.11. The van der Waals surface area contributed by atoms with Crippen molar-refractivity contribution in [1.82, 2.24) is 5.48 Å². The fraction of sp³-hybridized carbons (Fsp3) is 0.250. The molecule has 1 aromatic heterocycles. The molecule has 0 saturated carbocycles. The van der Waals surface area contributed by atoms with Gasteiger partial charge in [-0.1, -0.05) is 30.3 Å². The summed E-state index contributed by atoms with van der Waals surface area (Å²) in [7, 11) is 0. The van der Waals surface area contributed by atoms with E-state index in [0.29, 0.717) is 11.5 Å². The van der Waals surface area contributed by atoms with Gasteiger partial charge in [-0.25, -0.2) is 5.48 Å². The summed E-state index contributed by atoms with van der Waals surface area (Å²) in [6.45, 7) is 2.26. The first-order chi connectivity index (χ1) is 10.1. The number of aryl methyl sites for hydroxylation is 1. The van der Waals surface area contributed by atoms with Crippen LogP contribution in [0, 0.1) is 6.92 Å². The van der Waals surface area contributed by atoms with E-state index < -0.39 is 0 Å². The van der Waals surface area contributed by atoms with Gasteiger partial charge in [-0.3, -0.25) is 14.4 Å². The SMILES string of the molecule is Cc1ccc(C(=O)CCC(=O)NOCc2ccccc2)s1. The minimum atomic E-state index is -0.285. The number of hydrogen-bond donors (Lipinski definition) is 1. The fourth-order valence-electron chi connectivity index (χ4n) is 1.76. The van der Waals surface area contributed by atoms with Crippen LogP contribution in [-0.4, -0.2) is 11.7 Å². The van der Waals surface area contributed by atoms with E-state index >= 15 is 0 Å². The van der Waals surface area contributed by atoms with E-state index in [-0.39, 0.29) is 24.5 Å². The topological polar surface area (TPSA) is 55.4 Å². The smallest absolute Gasteiger partial charge is 0.243 e. The van der Waals surface area contributed by atoms with Gasteiger partial charge in [-0.05, 0) is 24.6 Å². The van der Waals surface area contributed by atoms with Gasteiger partial charge in [0.1, 0.15) is 0 Å². The fourth-order valence-corrected chi connectivity index (χ4v) is 2.59. The zero-order valence-electron chi connectivity index (χ0n) is 11.8. The molecule has 0 aliphatic rings. The lowest BCUT2D eigenvalue weighted by molar-refractivity contribution is -0.134. The Morgan fingerprint density at radius 1 is 1.10 bits per heavy atom. The summed E-state index contributed by atoms with van der Waals surface area (Å²) < 4.78 is 0. The summed E-state index contributed by atoms with van der Waals surface area (Å²) in [6.07, 6.45) is 0.324. The number of ketones is 1. The molecule has 1 aromatic carbocycles. The van der Waals surface area contributed by atoms with Gasteiger partial charge in [-0.15, -0.1) is 11.3 Å². The van der Waals surface area contributed by atoms with Gasteiger partial charge in [0.15, 0.2) is 5.78 Å². The van der Waals surface area contributed by atoms with Crippen molar-refractivity contribution in [2.75, 3.05) is 0 Å². The molecule has 0 aliphatic heterocycles. The maximum Gasteiger partial charge on any atom is 0.243 e. The van der Waals surface area contributed by atoms with E-state index in [1.807, 2.05) is 43.3 Å². The molecule has 0 saturated heterocycles. The molecule has 1 N–H and O–H groups in total. The minimum absolute atomic E-state index is 0.00805. The van der Waals surface area contributed by atoms with Crippen LogP contribution in [0.1, 0.15) is 33.0 Å². The standard InChI is InChI=1S/C16H17NO3S/c1-12-7-9-15(21-12)14(18)8-10-16(19)17-20-11-13-5-3-2-4-6-13/h2-7,9H,8,10-11H2,1H3,(H,17,19). The molecule has 1 heterocycles. The maximum absolute atomic E-state index is 11.8. The van der Waals surface area contributed by atoms with Crippen molar-refractivity contribution >= 4 is 23.0 Å². The maximum atomic E-state index is 11.8. The number of thiophene rings is 1. The van der Waals surface area contributed by atoms with Gasteiger partial charge in [0, 0.05) is 17.7 Å². The summed E-state index contributed by atoms with van der Waals surface area (Å²) >= 11 is 1.45. The average Bonchev–Trinajstić information content (AvgIpc) is 2.92. The lowest BCUT2D eigenvalue weighted by atomic mass is 10.2. The molecule has 0 bridgehead atoms.